The number of amides is 2. The zero-order valence-electron chi connectivity index (χ0n) is 17.4. The molecular weight excluding hydrogens is 445 g/mol. The van der Waals surface area contributed by atoms with Crippen molar-refractivity contribution >= 4 is 27.3 Å². The normalized spacial score (nSPS) is 15.4. The van der Waals surface area contributed by atoms with Crippen molar-refractivity contribution in [2.45, 2.75) is 30.8 Å². The topological polar surface area (TPSA) is 83.6 Å². The van der Waals surface area contributed by atoms with Gasteiger partial charge in [-0.25, -0.2) is 8.42 Å². The zero-order chi connectivity index (χ0) is 23.5. The SMILES string of the molecule is CCS(=O)(=O)c1ccc(NC(=O)C2CCN(C(=O)c3ccc(C(F)(F)F)cc3)CC2)cc1. The molecule has 1 heterocycles. The summed E-state index contributed by atoms with van der Waals surface area (Å²) in [6.45, 7) is 2.18. The molecule has 2 aromatic carbocycles. The fraction of sp³-hybridized carbons (Fsp3) is 0.364. The van der Waals surface area contributed by atoms with Crippen molar-refractivity contribution in [2.24, 2.45) is 5.92 Å². The summed E-state index contributed by atoms with van der Waals surface area (Å²) in [6, 6.07) is 10.0. The molecule has 0 spiro atoms. The highest BCUT2D eigenvalue weighted by atomic mass is 32.2. The zero-order valence-corrected chi connectivity index (χ0v) is 18.2. The Morgan fingerprint density at radius 3 is 2.06 bits per heavy atom. The Bertz CT molecular complexity index is 1070. The molecule has 0 radical (unpaired) electrons. The summed E-state index contributed by atoms with van der Waals surface area (Å²) in [6.07, 6.45) is -3.63. The van der Waals surface area contributed by atoms with Crippen LogP contribution < -0.4 is 5.32 Å². The molecule has 1 aliphatic heterocycles. The lowest BCUT2D eigenvalue weighted by molar-refractivity contribution is -0.137. The standard InChI is InChI=1S/C22H23F3N2O4S/c1-2-32(30,31)19-9-7-18(8-10-19)26-20(28)15-11-13-27(14-12-15)21(29)16-3-5-17(6-4-16)22(23,24)25/h3-10,15H,2,11-14H2,1H3,(H,26,28). The van der Waals surface area contributed by atoms with E-state index in [-0.39, 0.29) is 33.9 Å². The molecule has 2 aromatic rings. The van der Waals surface area contributed by atoms with E-state index in [1.807, 2.05) is 0 Å². The quantitative estimate of drug-likeness (QED) is 0.719. The van der Waals surface area contributed by atoms with Crippen LogP contribution in [-0.2, 0) is 20.8 Å². The number of sulfone groups is 1. The van der Waals surface area contributed by atoms with Crippen LogP contribution in [0.4, 0.5) is 18.9 Å². The van der Waals surface area contributed by atoms with Gasteiger partial charge in [-0.05, 0) is 61.4 Å². The first-order valence-electron chi connectivity index (χ1n) is 10.1. The van der Waals surface area contributed by atoms with E-state index in [0.717, 1.165) is 24.3 Å². The summed E-state index contributed by atoms with van der Waals surface area (Å²) in [7, 11) is -3.32. The minimum absolute atomic E-state index is 0.0114. The van der Waals surface area contributed by atoms with Crippen molar-refractivity contribution in [1.29, 1.82) is 0 Å². The number of nitrogens with zero attached hydrogens (tertiary/aromatic N) is 1. The molecule has 0 atom stereocenters. The van der Waals surface area contributed by atoms with Gasteiger partial charge in [0.05, 0.1) is 16.2 Å². The summed E-state index contributed by atoms with van der Waals surface area (Å²) in [5.41, 5.74) is -0.166. The molecule has 0 bridgehead atoms. The highest BCUT2D eigenvalue weighted by Crippen LogP contribution is 2.29. The Labute approximate surface area is 184 Å². The Morgan fingerprint density at radius 1 is 1.00 bits per heavy atom. The molecule has 2 amide bonds. The number of carbonyl (C=O) groups is 2. The van der Waals surface area contributed by atoms with Crippen molar-refractivity contribution in [3.05, 3.63) is 59.7 Å². The van der Waals surface area contributed by atoms with E-state index >= 15 is 0 Å². The second kappa shape index (κ2) is 9.32. The third-order valence-corrected chi connectivity index (χ3v) is 7.22. The summed E-state index contributed by atoms with van der Waals surface area (Å²) < 4.78 is 61.8. The number of rotatable bonds is 5. The van der Waals surface area contributed by atoms with Crippen LogP contribution in [0.15, 0.2) is 53.4 Å². The average molecular weight is 468 g/mol. The highest BCUT2D eigenvalue weighted by Gasteiger charge is 2.31. The average Bonchev–Trinajstić information content (AvgIpc) is 2.78. The number of piperidine rings is 1. The van der Waals surface area contributed by atoms with Crippen molar-refractivity contribution in [1.82, 2.24) is 4.90 Å². The maximum absolute atomic E-state index is 12.7. The van der Waals surface area contributed by atoms with E-state index < -0.39 is 21.6 Å². The number of anilines is 1. The smallest absolute Gasteiger partial charge is 0.339 e. The van der Waals surface area contributed by atoms with E-state index in [4.69, 9.17) is 0 Å². The number of halogens is 3. The Kier molecular flexibility index (Phi) is 6.92. The van der Waals surface area contributed by atoms with E-state index in [9.17, 15) is 31.2 Å². The van der Waals surface area contributed by atoms with Gasteiger partial charge in [-0.15, -0.1) is 0 Å². The van der Waals surface area contributed by atoms with Crippen LogP contribution in [-0.4, -0.2) is 44.0 Å². The lowest BCUT2D eigenvalue weighted by Crippen LogP contribution is -2.41. The Balaban J connectivity index is 1.55. The number of hydrogen-bond donors (Lipinski definition) is 1. The molecule has 1 N–H and O–H groups in total. The molecule has 1 fully saturated rings. The minimum atomic E-state index is -4.46. The predicted octanol–water partition coefficient (Wildman–Crippen LogP) is 3.99. The van der Waals surface area contributed by atoms with E-state index in [1.165, 1.54) is 29.2 Å². The van der Waals surface area contributed by atoms with Crippen LogP contribution in [0.1, 0.15) is 35.7 Å². The summed E-state index contributed by atoms with van der Waals surface area (Å²) in [5, 5.41) is 2.76. The molecule has 10 heteroatoms. The lowest BCUT2D eigenvalue weighted by atomic mass is 9.95. The number of likely N-dealkylation sites (tertiary alicyclic amines) is 1. The number of alkyl halides is 3. The van der Waals surface area contributed by atoms with E-state index in [1.54, 1.807) is 6.92 Å². The summed E-state index contributed by atoms with van der Waals surface area (Å²) in [4.78, 5) is 26.8. The van der Waals surface area contributed by atoms with Crippen LogP contribution in [0.25, 0.3) is 0 Å². The van der Waals surface area contributed by atoms with Crippen LogP contribution in [0.3, 0.4) is 0 Å². The first kappa shape index (κ1) is 23.8. The van der Waals surface area contributed by atoms with Gasteiger partial charge in [0, 0.05) is 30.3 Å². The molecule has 0 unspecified atom stereocenters. The Hall–Kier alpha value is -2.88. The van der Waals surface area contributed by atoms with Gasteiger partial charge < -0.3 is 10.2 Å². The molecule has 0 aliphatic carbocycles. The van der Waals surface area contributed by atoms with Crippen LogP contribution >= 0.6 is 0 Å². The monoisotopic (exact) mass is 468 g/mol. The van der Waals surface area contributed by atoms with E-state index in [2.05, 4.69) is 5.32 Å². The predicted molar refractivity (Wildman–Crippen MR) is 113 cm³/mol. The third-order valence-electron chi connectivity index (χ3n) is 5.47. The van der Waals surface area contributed by atoms with Gasteiger partial charge >= 0.3 is 6.18 Å². The lowest BCUT2D eigenvalue weighted by Gasteiger charge is -2.31. The van der Waals surface area contributed by atoms with Gasteiger partial charge in [-0.2, -0.15) is 13.2 Å². The summed E-state index contributed by atoms with van der Waals surface area (Å²) in [5.74, 6) is -0.934. The molecule has 0 aromatic heterocycles. The maximum Gasteiger partial charge on any atom is 0.416 e. The molecule has 6 nitrogen and oxygen atoms in total. The molecular formula is C22H23F3N2O4S. The second-order valence-corrected chi connectivity index (χ2v) is 9.84. The minimum Gasteiger partial charge on any atom is -0.339 e. The third kappa shape index (κ3) is 5.48. The largest absolute Gasteiger partial charge is 0.416 e. The number of carbonyl (C=O) groups excluding carboxylic acids is 2. The van der Waals surface area contributed by atoms with Gasteiger partial charge in [0.25, 0.3) is 5.91 Å². The first-order valence-corrected chi connectivity index (χ1v) is 11.8. The number of benzene rings is 2. The van der Waals surface area contributed by atoms with Gasteiger partial charge in [0.1, 0.15) is 0 Å². The molecule has 32 heavy (non-hydrogen) atoms. The van der Waals surface area contributed by atoms with Crippen LogP contribution in [0, 0.1) is 5.92 Å². The Morgan fingerprint density at radius 2 is 1.56 bits per heavy atom. The first-order chi connectivity index (χ1) is 15.0. The van der Waals surface area contributed by atoms with Crippen molar-refractivity contribution < 1.29 is 31.2 Å². The molecule has 3 rings (SSSR count). The molecule has 0 saturated carbocycles. The van der Waals surface area contributed by atoms with Crippen molar-refractivity contribution in [3.63, 3.8) is 0 Å². The van der Waals surface area contributed by atoms with Gasteiger partial charge in [-0.3, -0.25) is 9.59 Å². The summed E-state index contributed by atoms with van der Waals surface area (Å²) >= 11 is 0. The van der Waals surface area contributed by atoms with Gasteiger partial charge in [-0.1, -0.05) is 6.92 Å². The van der Waals surface area contributed by atoms with Crippen molar-refractivity contribution in [2.75, 3.05) is 24.2 Å². The second-order valence-electron chi connectivity index (χ2n) is 7.56. The highest BCUT2D eigenvalue weighted by molar-refractivity contribution is 7.91. The fourth-order valence-corrected chi connectivity index (χ4v) is 4.37. The molecule has 1 aliphatic rings. The molecule has 172 valence electrons. The van der Waals surface area contributed by atoms with Gasteiger partial charge in [0.2, 0.25) is 5.91 Å². The fourth-order valence-electron chi connectivity index (χ4n) is 3.49. The maximum atomic E-state index is 12.7. The molecule has 1 saturated heterocycles. The number of hydrogen-bond acceptors (Lipinski definition) is 4. The van der Waals surface area contributed by atoms with E-state index in [0.29, 0.717) is 31.6 Å². The van der Waals surface area contributed by atoms with Crippen LogP contribution in [0.5, 0.6) is 0 Å². The van der Waals surface area contributed by atoms with Crippen LogP contribution in [0.2, 0.25) is 0 Å². The van der Waals surface area contributed by atoms with Gasteiger partial charge in [0.15, 0.2) is 9.84 Å². The number of nitrogens with one attached hydrogen (secondary N) is 1. The van der Waals surface area contributed by atoms with Crippen molar-refractivity contribution in [3.8, 4) is 0 Å².